The van der Waals surface area contributed by atoms with Crippen molar-refractivity contribution < 1.29 is 17.8 Å². The van der Waals surface area contributed by atoms with Crippen LogP contribution in [0.3, 0.4) is 0 Å². The average Bonchev–Trinajstić information content (AvgIpc) is 3.02. The minimum absolute atomic E-state index is 0.164. The molecule has 2 aromatic carbocycles. The Kier molecular flexibility index (Phi) is 24.3. The van der Waals surface area contributed by atoms with Gasteiger partial charge in [0.1, 0.15) is 11.7 Å². The molecule has 2 aromatic rings. The molecule has 0 atom stereocenters. The molecule has 0 aliphatic rings. The van der Waals surface area contributed by atoms with Gasteiger partial charge in [0.25, 0.3) is 10.1 Å². The Morgan fingerprint density at radius 2 is 0.909 bits per heavy atom. The molecule has 0 amide bonds. The van der Waals surface area contributed by atoms with E-state index in [1.807, 2.05) is 31.1 Å². The molecule has 0 saturated carbocycles. The zero-order valence-electron chi connectivity index (χ0n) is 28.6. The van der Waals surface area contributed by atoms with Crippen molar-refractivity contribution in [2.75, 3.05) is 0 Å². The summed E-state index contributed by atoms with van der Waals surface area (Å²) in [6, 6.07) is 9.84. The number of carbonyl (C=O) groups excluding carboxylic acids is 1. The maximum absolute atomic E-state index is 12.7. The molecule has 0 bridgehead atoms. The third kappa shape index (κ3) is 17.7. The van der Waals surface area contributed by atoms with Gasteiger partial charge in [0.05, 0.1) is 0 Å². The van der Waals surface area contributed by atoms with Gasteiger partial charge in [-0.05, 0) is 42.2 Å². The number of aryl methyl sites for hydroxylation is 1. The first-order valence-corrected chi connectivity index (χ1v) is 19.7. The lowest BCUT2D eigenvalue weighted by atomic mass is 9.93. The standard InChI is InChI=1S/C38H64O3S.CH2O/c1-3-5-7-9-11-13-15-17-19-21-23-25-29-34-33-35-30-27-28-32-37(35)38(42(39,40)41)36(34)31-26-24-22-20-18-16-14-12-10-8-6-4-2;1-2/h27-28,30,32-33H,3-26,29,31H2,1-2H3,(H,39,40,41);1H2. The molecule has 0 saturated heterocycles. The van der Waals surface area contributed by atoms with Gasteiger partial charge in [0.2, 0.25) is 0 Å². The minimum atomic E-state index is -4.30. The Balaban J connectivity index is 0.00000474. The third-order valence-electron chi connectivity index (χ3n) is 9.03. The summed E-state index contributed by atoms with van der Waals surface area (Å²) in [5.74, 6) is 0. The molecule has 0 aliphatic carbocycles. The zero-order valence-corrected chi connectivity index (χ0v) is 29.4. The fraction of sp³-hybridized carbons (Fsp3) is 0.718. The Morgan fingerprint density at radius 1 is 0.545 bits per heavy atom. The zero-order chi connectivity index (χ0) is 32.3. The molecule has 2 rings (SSSR count). The van der Waals surface area contributed by atoms with Crippen LogP contribution in [-0.2, 0) is 27.8 Å². The van der Waals surface area contributed by atoms with Crippen molar-refractivity contribution in [3.8, 4) is 0 Å². The van der Waals surface area contributed by atoms with Gasteiger partial charge >= 0.3 is 0 Å². The second kappa shape index (κ2) is 26.5. The van der Waals surface area contributed by atoms with E-state index in [2.05, 4.69) is 19.9 Å². The highest BCUT2D eigenvalue weighted by atomic mass is 32.2. The van der Waals surface area contributed by atoms with E-state index in [-0.39, 0.29) is 4.90 Å². The first-order chi connectivity index (χ1) is 21.5. The summed E-state index contributed by atoms with van der Waals surface area (Å²) in [6.07, 6.45) is 32.8. The predicted octanol–water partition coefficient (Wildman–Crippen LogP) is 12.4. The molecule has 4 nitrogen and oxygen atoms in total. The summed E-state index contributed by atoms with van der Waals surface area (Å²) in [5.41, 5.74) is 1.99. The summed E-state index contributed by atoms with van der Waals surface area (Å²) in [5, 5.41) is 1.57. The molecule has 0 radical (unpaired) electrons. The molecule has 5 heteroatoms. The number of benzene rings is 2. The van der Waals surface area contributed by atoms with Gasteiger partial charge in [-0.2, -0.15) is 8.42 Å². The highest BCUT2D eigenvalue weighted by molar-refractivity contribution is 7.86. The van der Waals surface area contributed by atoms with E-state index in [4.69, 9.17) is 4.79 Å². The number of hydrogen-bond donors (Lipinski definition) is 1. The van der Waals surface area contributed by atoms with Crippen molar-refractivity contribution in [3.05, 3.63) is 41.5 Å². The van der Waals surface area contributed by atoms with Gasteiger partial charge in [0, 0.05) is 5.39 Å². The molecule has 1 N–H and O–H groups in total. The van der Waals surface area contributed by atoms with Crippen molar-refractivity contribution >= 4 is 27.7 Å². The topological polar surface area (TPSA) is 71.4 Å². The van der Waals surface area contributed by atoms with Gasteiger partial charge in [-0.3, -0.25) is 4.55 Å². The van der Waals surface area contributed by atoms with Crippen LogP contribution >= 0.6 is 0 Å². The van der Waals surface area contributed by atoms with Crippen LogP contribution in [0.25, 0.3) is 10.8 Å². The lowest BCUT2D eigenvalue weighted by Gasteiger charge is -2.17. The third-order valence-corrected chi connectivity index (χ3v) is 10.0. The quantitative estimate of drug-likeness (QED) is 0.0787. The molecule has 252 valence electrons. The average molecular weight is 631 g/mol. The highest BCUT2D eigenvalue weighted by Gasteiger charge is 2.22. The van der Waals surface area contributed by atoms with E-state index in [9.17, 15) is 13.0 Å². The molecular formula is C39H66O4S. The number of rotatable bonds is 27. The molecule has 0 fully saturated rings. The normalized spacial score (nSPS) is 11.5. The van der Waals surface area contributed by atoms with Gasteiger partial charge in [0.15, 0.2) is 0 Å². The number of hydrogen-bond acceptors (Lipinski definition) is 3. The van der Waals surface area contributed by atoms with Gasteiger partial charge in [-0.25, -0.2) is 0 Å². The van der Waals surface area contributed by atoms with Gasteiger partial charge < -0.3 is 4.79 Å². The van der Waals surface area contributed by atoms with Crippen molar-refractivity contribution in [1.29, 1.82) is 0 Å². The van der Waals surface area contributed by atoms with Crippen molar-refractivity contribution in [2.45, 2.75) is 186 Å². The van der Waals surface area contributed by atoms with Crippen molar-refractivity contribution in [3.63, 3.8) is 0 Å². The van der Waals surface area contributed by atoms with E-state index in [0.29, 0.717) is 5.39 Å². The first kappa shape index (κ1) is 40.3. The second-order valence-corrected chi connectivity index (χ2v) is 14.2. The van der Waals surface area contributed by atoms with Gasteiger partial charge in [-0.15, -0.1) is 0 Å². The summed E-state index contributed by atoms with van der Waals surface area (Å²) in [7, 11) is -4.30. The molecule has 44 heavy (non-hydrogen) atoms. The fourth-order valence-corrected chi connectivity index (χ4v) is 7.51. The summed E-state index contributed by atoms with van der Waals surface area (Å²) >= 11 is 0. The van der Waals surface area contributed by atoms with E-state index in [1.54, 1.807) is 0 Å². The van der Waals surface area contributed by atoms with E-state index in [1.165, 1.54) is 135 Å². The van der Waals surface area contributed by atoms with Crippen molar-refractivity contribution in [1.82, 2.24) is 0 Å². The smallest absolute Gasteiger partial charge is 0.295 e. The fourth-order valence-electron chi connectivity index (χ4n) is 6.50. The minimum Gasteiger partial charge on any atom is -0.307 e. The van der Waals surface area contributed by atoms with Crippen LogP contribution in [0.2, 0.25) is 0 Å². The monoisotopic (exact) mass is 630 g/mol. The number of carbonyl (C=O) groups is 1. The molecule has 0 unspecified atom stereocenters. The number of unbranched alkanes of at least 4 members (excludes halogenated alkanes) is 22. The lowest BCUT2D eigenvalue weighted by Crippen LogP contribution is -2.08. The maximum atomic E-state index is 12.7. The molecule has 0 heterocycles. The Hall–Kier alpha value is -1.72. The maximum Gasteiger partial charge on any atom is 0.295 e. The lowest BCUT2D eigenvalue weighted by molar-refractivity contribution is -0.0980. The summed E-state index contributed by atoms with van der Waals surface area (Å²) < 4.78 is 35.7. The van der Waals surface area contributed by atoms with Gasteiger partial charge in [-0.1, -0.05) is 185 Å². The van der Waals surface area contributed by atoms with E-state index < -0.39 is 10.1 Å². The molecule has 0 aliphatic heterocycles. The van der Waals surface area contributed by atoms with Crippen LogP contribution in [0, 0.1) is 0 Å². The predicted molar refractivity (Wildman–Crippen MR) is 190 cm³/mol. The largest absolute Gasteiger partial charge is 0.307 e. The van der Waals surface area contributed by atoms with Crippen LogP contribution in [0.5, 0.6) is 0 Å². The van der Waals surface area contributed by atoms with Crippen LogP contribution in [-0.4, -0.2) is 19.8 Å². The Morgan fingerprint density at radius 3 is 1.32 bits per heavy atom. The Bertz CT molecular complexity index is 1080. The summed E-state index contributed by atoms with van der Waals surface area (Å²) in [6.45, 7) is 6.54. The first-order valence-electron chi connectivity index (χ1n) is 18.3. The highest BCUT2D eigenvalue weighted by Crippen LogP contribution is 2.32. The van der Waals surface area contributed by atoms with Crippen molar-refractivity contribution in [2.24, 2.45) is 0 Å². The number of fused-ring (bicyclic) bond motifs is 1. The van der Waals surface area contributed by atoms with Crippen LogP contribution in [0.4, 0.5) is 0 Å². The van der Waals surface area contributed by atoms with E-state index >= 15 is 0 Å². The molecular weight excluding hydrogens is 564 g/mol. The van der Waals surface area contributed by atoms with Crippen LogP contribution in [0.15, 0.2) is 35.2 Å². The second-order valence-electron chi connectivity index (χ2n) is 12.8. The Labute approximate surface area is 271 Å². The SMILES string of the molecule is C=O.CCCCCCCCCCCCCCc1cc2ccccc2c(S(=O)(=O)O)c1CCCCCCCCCCCCCC. The van der Waals surface area contributed by atoms with E-state index in [0.717, 1.165) is 48.6 Å². The molecule has 0 spiro atoms. The molecule has 0 aromatic heterocycles. The summed E-state index contributed by atoms with van der Waals surface area (Å²) in [4.78, 5) is 8.16. The van der Waals surface area contributed by atoms with Crippen LogP contribution in [0.1, 0.15) is 179 Å². The van der Waals surface area contributed by atoms with Crippen LogP contribution < -0.4 is 0 Å².